The summed E-state index contributed by atoms with van der Waals surface area (Å²) in [5, 5.41) is 4.14. The number of aromatic nitrogens is 2. The van der Waals surface area contributed by atoms with Crippen LogP contribution in [0.1, 0.15) is 38.4 Å². The molecule has 0 aromatic carbocycles. The molecule has 0 saturated heterocycles. The predicted molar refractivity (Wildman–Crippen MR) is 47.1 cm³/mol. The molecule has 0 amide bonds. The number of carbonyl (C=O) groups is 1. The number of carbonyl (C=O) groups excluding carboxylic acids is 1. The van der Waals surface area contributed by atoms with Gasteiger partial charge in [-0.15, -0.1) is 0 Å². The Kier molecular flexibility index (Phi) is 2.63. The molecule has 66 valence electrons. The second-order valence-corrected chi connectivity index (χ2v) is 3.22. The summed E-state index contributed by atoms with van der Waals surface area (Å²) in [5.41, 5.74) is 0.986. The highest BCUT2D eigenvalue weighted by Gasteiger charge is 2.11. The van der Waals surface area contributed by atoms with Crippen LogP contribution >= 0.6 is 0 Å². The first-order valence-corrected chi connectivity index (χ1v) is 4.15. The summed E-state index contributed by atoms with van der Waals surface area (Å²) in [7, 11) is 0. The Hall–Kier alpha value is -1.12. The maximum absolute atomic E-state index is 10.5. The molecule has 1 aromatic rings. The molecular weight excluding hydrogens is 152 g/mol. The van der Waals surface area contributed by atoms with Gasteiger partial charge in [0.1, 0.15) is 6.29 Å². The van der Waals surface area contributed by atoms with Crippen molar-refractivity contribution in [3.8, 4) is 0 Å². The monoisotopic (exact) mass is 166 g/mol. The Bertz CT molecular complexity index is 265. The Labute approximate surface area is 72.4 Å². The molecule has 0 N–H and O–H groups in total. The maximum atomic E-state index is 10.5. The van der Waals surface area contributed by atoms with E-state index in [9.17, 15) is 4.79 Å². The summed E-state index contributed by atoms with van der Waals surface area (Å²) >= 11 is 0. The van der Waals surface area contributed by atoms with Gasteiger partial charge in [0.15, 0.2) is 0 Å². The number of aldehydes is 1. The summed E-state index contributed by atoms with van der Waals surface area (Å²) in [6, 6.07) is 2.20. The van der Waals surface area contributed by atoms with Gasteiger partial charge in [-0.3, -0.25) is 4.68 Å². The highest BCUT2D eigenvalue weighted by atomic mass is 16.1. The number of hydrogen-bond donors (Lipinski definition) is 0. The third kappa shape index (κ3) is 1.55. The van der Waals surface area contributed by atoms with Gasteiger partial charge in [0.05, 0.1) is 5.92 Å². The van der Waals surface area contributed by atoms with Crippen molar-refractivity contribution in [2.45, 2.75) is 32.7 Å². The van der Waals surface area contributed by atoms with Gasteiger partial charge in [0, 0.05) is 17.9 Å². The SMILES string of the molecule is CC(C=O)c1ccnn1C(C)C. The van der Waals surface area contributed by atoms with E-state index in [1.165, 1.54) is 0 Å². The summed E-state index contributed by atoms with van der Waals surface area (Å²) in [4.78, 5) is 10.5. The van der Waals surface area contributed by atoms with Crippen LogP contribution in [0.4, 0.5) is 0 Å². The molecule has 12 heavy (non-hydrogen) atoms. The fourth-order valence-corrected chi connectivity index (χ4v) is 1.19. The molecule has 0 saturated carbocycles. The van der Waals surface area contributed by atoms with Crippen LogP contribution in [0.15, 0.2) is 12.3 Å². The van der Waals surface area contributed by atoms with Crippen LogP contribution in [0, 0.1) is 0 Å². The lowest BCUT2D eigenvalue weighted by molar-refractivity contribution is -0.108. The van der Waals surface area contributed by atoms with Gasteiger partial charge in [0.25, 0.3) is 0 Å². The molecule has 0 aliphatic heterocycles. The third-order valence-corrected chi connectivity index (χ3v) is 1.86. The molecule has 0 fully saturated rings. The molecule has 3 nitrogen and oxygen atoms in total. The molecule has 0 aliphatic rings. The predicted octanol–water partition coefficient (Wildman–Crippen LogP) is 1.77. The van der Waals surface area contributed by atoms with Gasteiger partial charge in [-0.1, -0.05) is 6.92 Å². The van der Waals surface area contributed by atoms with Crippen molar-refractivity contribution in [1.29, 1.82) is 0 Å². The Morgan fingerprint density at radius 2 is 2.17 bits per heavy atom. The minimum Gasteiger partial charge on any atom is -0.303 e. The highest BCUT2D eigenvalue weighted by molar-refractivity contribution is 5.60. The summed E-state index contributed by atoms with van der Waals surface area (Å²) < 4.78 is 1.87. The number of nitrogens with zero attached hydrogens (tertiary/aromatic N) is 2. The van der Waals surface area contributed by atoms with Crippen LogP contribution < -0.4 is 0 Å². The van der Waals surface area contributed by atoms with Crippen LogP contribution in [0.25, 0.3) is 0 Å². The van der Waals surface area contributed by atoms with Gasteiger partial charge >= 0.3 is 0 Å². The van der Waals surface area contributed by atoms with Crippen LogP contribution in [0.2, 0.25) is 0 Å². The molecule has 1 unspecified atom stereocenters. The smallest absolute Gasteiger partial charge is 0.128 e. The van der Waals surface area contributed by atoms with E-state index in [1.54, 1.807) is 6.20 Å². The summed E-state index contributed by atoms with van der Waals surface area (Å²) in [6.07, 6.45) is 2.67. The fraction of sp³-hybridized carbons (Fsp3) is 0.556. The van der Waals surface area contributed by atoms with Crippen molar-refractivity contribution < 1.29 is 4.79 Å². The lowest BCUT2D eigenvalue weighted by Crippen LogP contribution is -2.10. The van der Waals surface area contributed by atoms with Gasteiger partial charge in [-0.2, -0.15) is 5.10 Å². The minimum atomic E-state index is -0.0603. The molecule has 1 heterocycles. The zero-order chi connectivity index (χ0) is 9.14. The number of hydrogen-bond acceptors (Lipinski definition) is 2. The van der Waals surface area contributed by atoms with Crippen molar-refractivity contribution in [2.24, 2.45) is 0 Å². The van der Waals surface area contributed by atoms with Crippen molar-refractivity contribution in [2.75, 3.05) is 0 Å². The molecule has 3 heteroatoms. The first kappa shape index (κ1) is 8.97. The molecule has 0 spiro atoms. The van der Waals surface area contributed by atoms with Crippen molar-refractivity contribution in [3.05, 3.63) is 18.0 Å². The second kappa shape index (κ2) is 3.52. The average Bonchev–Trinajstić information content (AvgIpc) is 2.50. The standard InChI is InChI=1S/C9H14N2O/c1-7(2)11-9(4-5-10-11)8(3)6-12/h4-8H,1-3H3. The molecular formula is C9H14N2O. The summed E-state index contributed by atoms with van der Waals surface area (Å²) in [6.45, 7) is 5.98. The maximum Gasteiger partial charge on any atom is 0.128 e. The Balaban J connectivity index is 2.98. The zero-order valence-corrected chi connectivity index (χ0v) is 7.69. The molecule has 1 atom stereocenters. The topological polar surface area (TPSA) is 34.9 Å². The van der Waals surface area contributed by atoms with Crippen LogP contribution in [-0.4, -0.2) is 16.1 Å². The first-order valence-electron chi connectivity index (χ1n) is 4.15. The molecule has 0 radical (unpaired) electrons. The first-order chi connectivity index (χ1) is 5.66. The highest BCUT2D eigenvalue weighted by Crippen LogP contribution is 2.15. The van der Waals surface area contributed by atoms with Gasteiger partial charge in [-0.25, -0.2) is 0 Å². The second-order valence-electron chi connectivity index (χ2n) is 3.22. The van der Waals surface area contributed by atoms with E-state index in [0.29, 0.717) is 6.04 Å². The van der Waals surface area contributed by atoms with Crippen LogP contribution in [-0.2, 0) is 4.79 Å². The lowest BCUT2D eigenvalue weighted by Gasteiger charge is -2.12. The lowest BCUT2D eigenvalue weighted by atomic mass is 10.1. The number of rotatable bonds is 3. The van der Waals surface area contributed by atoms with E-state index >= 15 is 0 Å². The Morgan fingerprint density at radius 1 is 1.50 bits per heavy atom. The minimum absolute atomic E-state index is 0.0603. The van der Waals surface area contributed by atoms with Gasteiger partial charge in [0.2, 0.25) is 0 Å². The van der Waals surface area contributed by atoms with E-state index in [4.69, 9.17) is 0 Å². The molecule has 0 bridgehead atoms. The van der Waals surface area contributed by atoms with E-state index in [2.05, 4.69) is 5.10 Å². The fourth-order valence-electron chi connectivity index (χ4n) is 1.19. The molecule has 1 rings (SSSR count). The molecule has 0 aliphatic carbocycles. The van der Waals surface area contributed by atoms with Crippen LogP contribution in [0.3, 0.4) is 0 Å². The van der Waals surface area contributed by atoms with Gasteiger partial charge in [-0.05, 0) is 19.9 Å². The van der Waals surface area contributed by atoms with Crippen molar-refractivity contribution >= 4 is 6.29 Å². The van der Waals surface area contributed by atoms with Gasteiger partial charge < -0.3 is 4.79 Å². The largest absolute Gasteiger partial charge is 0.303 e. The summed E-state index contributed by atoms with van der Waals surface area (Å²) in [5.74, 6) is -0.0603. The van der Waals surface area contributed by atoms with Crippen LogP contribution in [0.5, 0.6) is 0 Å². The van der Waals surface area contributed by atoms with E-state index < -0.39 is 0 Å². The van der Waals surface area contributed by atoms with Crippen molar-refractivity contribution in [1.82, 2.24) is 9.78 Å². The quantitative estimate of drug-likeness (QED) is 0.641. The normalized spacial score (nSPS) is 13.3. The van der Waals surface area contributed by atoms with E-state index in [1.807, 2.05) is 31.5 Å². The van der Waals surface area contributed by atoms with E-state index in [0.717, 1.165) is 12.0 Å². The van der Waals surface area contributed by atoms with Crippen molar-refractivity contribution in [3.63, 3.8) is 0 Å². The third-order valence-electron chi connectivity index (χ3n) is 1.86. The van der Waals surface area contributed by atoms with E-state index in [-0.39, 0.29) is 5.92 Å². The Morgan fingerprint density at radius 3 is 2.67 bits per heavy atom. The average molecular weight is 166 g/mol. The molecule has 1 aromatic heterocycles. The zero-order valence-electron chi connectivity index (χ0n) is 7.69.